The maximum Gasteiger partial charge on any atom is 0.133 e. The van der Waals surface area contributed by atoms with Gasteiger partial charge in [0.1, 0.15) is 24.7 Å². The Balaban J connectivity index is 1.41. The summed E-state index contributed by atoms with van der Waals surface area (Å²) in [5, 5.41) is 4.66. The summed E-state index contributed by atoms with van der Waals surface area (Å²) in [5.41, 5.74) is 2.46. The van der Waals surface area contributed by atoms with Crippen LogP contribution in [0.25, 0.3) is 0 Å². The van der Waals surface area contributed by atoms with E-state index >= 15 is 0 Å². The van der Waals surface area contributed by atoms with Crippen molar-refractivity contribution in [3.05, 3.63) is 78.0 Å². The number of halogens is 1. The second kappa shape index (κ2) is 10.6. The van der Waals surface area contributed by atoms with Gasteiger partial charge in [-0.1, -0.05) is 53.6 Å². The Kier molecular flexibility index (Phi) is 7.63. The Morgan fingerprint density at radius 1 is 1.07 bits per heavy atom. The van der Waals surface area contributed by atoms with Crippen molar-refractivity contribution >= 4 is 29.6 Å². The predicted molar refractivity (Wildman–Crippen MR) is 126 cm³/mol. The van der Waals surface area contributed by atoms with E-state index < -0.39 is 0 Å². The van der Waals surface area contributed by atoms with Gasteiger partial charge in [-0.3, -0.25) is 4.90 Å². The molecule has 1 fully saturated rings. The molecule has 1 saturated heterocycles. The van der Waals surface area contributed by atoms with Gasteiger partial charge in [-0.15, -0.1) is 23.4 Å². The molecule has 0 amide bonds. The van der Waals surface area contributed by atoms with E-state index in [1.165, 1.54) is 16.0 Å². The van der Waals surface area contributed by atoms with Crippen molar-refractivity contribution in [2.24, 2.45) is 5.10 Å². The Labute approximate surface area is 188 Å². The molecule has 0 saturated carbocycles. The molecule has 0 aromatic heterocycles. The summed E-state index contributed by atoms with van der Waals surface area (Å²) in [6.45, 7) is 6.37. The van der Waals surface area contributed by atoms with Gasteiger partial charge in [0, 0.05) is 41.9 Å². The molecule has 2 atom stereocenters. The number of thioether (sulfide) groups is 1. The Morgan fingerprint density at radius 3 is 2.60 bits per heavy atom. The fourth-order valence-corrected chi connectivity index (χ4v) is 5.55. The van der Waals surface area contributed by atoms with Crippen LogP contribution in [0.1, 0.15) is 16.5 Å². The van der Waals surface area contributed by atoms with Crippen molar-refractivity contribution in [3.63, 3.8) is 0 Å². The molecule has 4 rings (SSSR count). The van der Waals surface area contributed by atoms with E-state index in [4.69, 9.17) is 21.4 Å². The maximum absolute atomic E-state index is 7.01. The Morgan fingerprint density at radius 2 is 1.83 bits per heavy atom. The van der Waals surface area contributed by atoms with E-state index in [9.17, 15) is 0 Å². The highest BCUT2D eigenvalue weighted by Gasteiger charge is 2.32. The second-order valence-electron chi connectivity index (χ2n) is 7.73. The molecule has 6 heteroatoms. The van der Waals surface area contributed by atoms with E-state index in [2.05, 4.69) is 59.6 Å². The van der Waals surface area contributed by atoms with Gasteiger partial charge in [0.05, 0.1) is 19.4 Å². The number of benzene rings is 2. The lowest BCUT2D eigenvalue weighted by Crippen LogP contribution is -2.38. The van der Waals surface area contributed by atoms with Crippen LogP contribution in [0, 0.1) is 0 Å². The number of ether oxygens (including phenoxy) is 1. The average molecular weight is 443 g/mol. The van der Waals surface area contributed by atoms with Crippen LogP contribution in [-0.2, 0) is 11.3 Å². The van der Waals surface area contributed by atoms with Gasteiger partial charge in [-0.2, -0.15) is 4.59 Å². The zero-order valence-corrected chi connectivity index (χ0v) is 18.8. The molecule has 0 radical (unpaired) electrons. The molecular formula is C24H29ClN3OS+. The van der Waals surface area contributed by atoms with Crippen LogP contribution < -0.4 is 0 Å². The SMILES string of the molecule is ClC(C[N+]1(Cc2ccccc2)C=CC=N1)c1ccccc1SCCN1CCOCC1. The van der Waals surface area contributed by atoms with Gasteiger partial charge >= 0.3 is 0 Å². The minimum absolute atomic E-state index is 0.110. The Hall–Kier alpha value is -1.63. The first-order valence-corrected chi connectivity index (χ1v) is 12.0. The summed E-state index contributed by atoms with van der Waals surface area (Å²) < 4.78 is 5.95. The molecule has 2 aromatic carbocycles. The minimum Gasteiger partial charge on any atom is -0.379 e. The van der Waals surface area contributed by atoms with Crippen molar-refractivity contribution in [2.45, 2.75) is 16.8 Å². The van der Waals surface area contributed by atoms with Crippen LogP contribution in [0.5, 0.6) is 0 Å². The molecule has 0 bridgehead atoms. The van der Waals surface area contributed by atoms with Gasteiger partial charge in [0.2, 0.25) is 0 Å². The van der Waals surface area contributed by atoms with Gasteiger partial charge < -0.3 is 4.74 Å². The van der Waals surface area contributed by atoms with Crippen molar-refractivity contribution in [1.82, 2.24) is 4.90 Å². The van der Waals surface area contributed by atoms with Crippen LogP contribution in [0.3, 0.4) is 0 Å². The molecule has 0 N–H and O–H groups in total. The third kappa shape index (κ3) is 5.74. The van der Waals surface area contributed by atoms with Crippen LogP contribution in [0.15, 0.2) is 76.9 Å². The largest absolute Gasteiger partial charge is 0.379 e. The minimum atomic E-state index is -0.110. The molecule has 2 aliphatic rings. The number of hydrogen-bond acceptors (Lipinski definition) is 4. The molecule has 158 valence electrons. The predicted octanol–water partition coefficient (Wildman–Crippen LogP) is 4.92. The normalized spacial score (nSPS) is 22.4. The topological polar surface area (TPSA) is 24.8 Å². The zero-order valence-electron chi connectivity index (χ0n) is 17.2. The smallest absolute Gasteiger partial charge is 0.133 e. The lowest BCUT2D eigenvalue weighted by atomic mass is 10.1. The van der Waals surface area contributed by atoms with Crippen LogP contribution in [0.2, 0.25) is 0 Å². The van der Waals surface area contributed by atoms with Crippen LogP contribution in [-0.4, -0.2) is 60.9 Å². The third-order valence-electron chi connectivity index (χ3n) is 5.55. The summed E-state index contributed by atoms with van der Waals surface area (Å²) in [5.74, 6) is 1.06. The summed E-state index contributed by atoms with van der Waals surface area (Å²) in [6.07, 6.45) is 6.06. The van der Waals surface area contributed by atoms with Crippen molar-refractivity contribution in [1.29, 1.82) is 0 Å². The number of allylic oxidation sites excluding steroid dienone is 1. The number of alkyl halides is 1. The van der Waals surface area contributed by atoms with Gasteiger partial charge in [0.15, 0.2) is 0 Å². The fraction of sp³-hybridized carbons (Fsp3) is 0.375. The van der Waals surface area contributed by atoms with Crippen molar-refractivity contribution < 1.29 is 9.33 Å². The average Bonchev–Trinajstić information content (AvgIpc) is 3.23. The molecule has 30 heavy (non-hydrogen) atoms. The molecule has 2 aromatic rings. The summed E-state index contributed by atoms with van der Waals surface area (Å²) in [4.78, 5) is 3.75. The highest BCUT2D eigenvalue weighted by Crippen LogP contribution is 2.35. The maximum atomic E-state index is 7.01. The number of nitrogens with zero attached hydrogens (tertiary/aromatic N) is 3. The molecule has 0 aliphatic carbocycles. The van der Waals surface area contributed by atoms with E-state index in [1.807, 2.05) is 30.1 Å². The molecule has 2 heterocycles. The van der Waals surface area contributed by atoms with Crippen LogP contribution >= 0.6 is 23.4 Å². The van der Waals surface area contributed by atoms with E-state index in [1.54, 1.807) is 0 Å². The molecular weight excluding hydrogens is 414 g/mol. The van der Waals surface area contributed by atoms with Gasteiger partial charge in [-0.05, 0) is 11.6 Å². The zero-order chi connectivity index (χ0) is 20.7. The molecule has 0 spiro atoms. The van der Waals surface area contributed by atoms with Crippen molar-refractivity contribution in [3.8, 4) is 0 Å². The molecule has 4 nitrogen and oxygen atoms in total. The monoisotopic (exact) mass is 442 g/mol. The lowest BCUT2D eigenvalue weighted by molar-refractivity contribution is -0.897. The van der Waals surface area contributed by atoms with Gasteiger partial charge in [0.25, 0.3) is 0 Å². The lowest BCUT2D eigenvalue weighted by Gasteiger charge is -2.29. The quantitative estimate of drug-likeness (QED) is 0.313. The van der Waals surface area contributed by atoms with E-state index in [0.29, 0.717) is 4.59 Å². The first-order chi connectivity index (χ1) is 14.7. The van der Waals surface area contributed by atoms with Crippen LogP contribution in [0.4, 0.5) is 0 Å². The molecule has 2 aliphatic heterocycles. The first kappa shape index (κ1) is 21.6. The standard InChI is InChI=1S/C24H29ClN3OS/c25-23(20-28(15-6-11-26-28)19-21-7-2-1-3-8-21)22-9-4-5-10-24(22)30-18-14-27-12-16-29-17-13-27/h1-11,15,23H,12-14,16-20H2/q+1. The highest BCUT2D eigenvalue weighted by atomic mass is 35.5. The highest BCUT2D eigenvalue weighted by molar-refractivity contribution is 7.99. The fourth-order valence-electron chi connectivity index (χ4n) is 3.93. The Bertz CT molecular complexity index is 856. The third-order valence-corrected chi connectivity index (χ3v) is 6.99. The number of rotatable bonds is 9. The van der Waals surface area contributed by atoms with Gasteiger partial charge in [-0.25, -0.2) is 0 Å². The second-order valence-corrected chi connectivity index (χ2v) is 9.39. The van der Waals surface area contributed by atoms with E-state index in [-0.39, 0.29) is 5.38 Å². The summed E-state index contributed by atoms with van der Waals surface area (Å²) in [6, 6.07) is 19.1. The molecule has 2 unspecified atom stereocenters. The number of morpholine rings is 1. The van der Waals surface area contributed by atoms with Crippen molar-refractivity contribution in [2.75, 3.05) is 45.1 Å². The number of quaternary nitrogens is 1. The summed E-state index contributed by atoms with van der Waals surface area (Å²) >= 11 is 8.91. The summed E-state index contributed by atoms with van der Waals surface area (Å²) in [7, 11) is 0. The number of hydrogen-bond donors (Lipinski definition) is 0. The van der Waals surface area contributed by atoms with E-state index in [0.717, 1.165) is 51.7 Å². The first-order valence-electron chi connectivity index (χ1n) is 10.5.